The first-order valence-electron chi connectivity index (χ1n) is 7.86. The number of carbonyl (C=O) groups excluding carboxylic acids is 1. The number of benzene rings is 1. The summed E-state index contributed by atoms with van der Waals surface area (Å²) in [4.78, 5) is 11.8. The topological polar surface area (TPSA) is 41.5 Å². The Morgan fingerprint density at radius 1 is 1.17 bits per heavy atom. The van der Waals surface area contributed by atoms with Gasteiger partial charge in [0.1, 0.15) is 0 Å². The standard InChI is InChI=1S/C17H19F3N2O/c18-17(19,20)15-9-12-7-13(15)8-14(12)10-21-22-16(23)6-11-4-2-1-3-5-11/h1-5,10,12-15H,6-9H2,(H,22,23)/b21-10-/t12-,13-,14-,15+/m1/s1. The van der Waals surface area contributed by atoms with E-state index in [2.05, 4.69) is 10.5 Å². The molecular weight excluding hydrogens is 305 g/mol. The fraction of sp³-hybridized carbons (Fsp3) is 0.529. The number of carbonyl (C=O) groups is 1. The van der Waals surface area contributed by atoms with Crippen molar-refractivity contribution in [3.8, 4) is 0 Å². The number of fused-ring (bicyclic) bond motifs is 2. The van der Waals surface area contributed by atoms with Gasteiger partial charge in [-0.05, 0) is 42.6 Å². The summed E-state index contributed by atoms with van der Waals surface area (Å²) in [6.07, 6.45) is -0.870. The molecule has 2 fully saturated rings. The molecule has 23 heavy (non-hydrogen) atoms. The Bertz CT molecular complexity index is 585. The van der Waals surface area contributed by atoms with Gasteiger partial charge in [-0.25, -0.2) is 5.43 Å². The van der Waals surface area contributed by atoms with Gasteiger partial charge >= 0.3 is 6.18 Å². The third-order valence-electron chi connectivity index (χ3n) is 4.99. The molecule has 124 valence electrons. The first kappa shape index (κ1) is 16.0. The predicted octanol–water partition coefficient (Wildman–Crippen LogP) is 3.56. The molecule has 1 aromatic carbocycles. The minimum Gasteiger partial charge on any atom is -0.273 e. The summed E-state index contributed by atoms with van der Waals surface area (Å²) in [5.74, 6) is -1.55. The van der Waals surface area contributed by atoms with Crippen LogP contribution in [0.5, 0.6) is 0 Å². The average molecular weight is 324 g/mol. The summed E-state index contributed by atoms with van der Waals surface area (Å²) in [7, 11) is 0. The lowest BCUT2D eigenvalue weighted by Gasteiger charge is -2.27. The fourth-order valence-electron chi connectivity index (χ4n) is 3.93. The zero-order valence-corrected chi connectivity index (χ0v) is 12.6. The van der Waals surface area contributed by atoms with Crippen molar-refractivity contribution in [3.05, 3.63) is 35.9 Å². The molecule has 2 aliphatic carbocycles. The van der Waals surface area contributed by atoms with Crippen molar-refractivity contribution in [1.29, 1.82) is 0 Å². The number of hydrazone groups is 1. The molecular formula is C17H19F3N2O. The summed E-state index contributed by atoms with van der Waals surface area (Å²) >= 11 is 0. The van der Waals surface area contributed by atoms with E-state index >= 15 is 0 Å². The van der Waals surface area contributed by atoms with Crippen LogP contribution in [0, 0.1) is 23.7 Å². The van der Waals surface area contributed by atoms with Crippen LogP contribution >= 0.6 is 0 Å². The van der Waals surface area contributed by atoms with Gasteiger partial charge in [-0.15, -0.1) is 0 Å². The second-order valence-corrected chi connectivity index (χ2v) is 6.51. The molecule has 0 saturated heterocycles. The highest BCUT2D eigenvalue weighted by atomic mass is 19.4. The van der Waals surface area contributed by atoms with E-state index in [1.54, 1.807) is 6.21 Å². The number of nitrogens with one attached hydrogen (secondary N) is 1. The van der Waals surface area contributed by atoms with Gasteiger partial charge < -0.3 is 0 Å². The molecule has 0 heterocycles. The van der Waals surface area contributed by atoms with Crippen molar-refractivity contribution >= 4 is 12.1 Å². The number of halogens is 3. The minimum absolute atomic E-state index is 0.0430. The molecule has 3 nitrogen and oxygen atoms in total. The van der Waals surface area contributed by atoms with E-state index < -0.39 is 12.1 Å². The first-order valence-corrected chi connectivity index (χ1v) is 7.86. The molecule has 1 amide bonds. The Kier molecular flexibility index (Phi) is 4.41. The highest BCUT2D eigenvalue weighted by Gasteiger charge is 2.55. The van der Waals surface area contributed by atoms with Crippen LogP contribution in [0.1, 0.15) is 24.8 Å². The van der Waals surface area contributed by atoms with Gasteiger partial charge in [0.2, 0.25) is 5.91 Å². The zero-order valence-electron chi connectivity index (χ0n) is 12.6. The Labute approximate surface area is 133 Å². The van der Waals surface area contributed by atoms with Crippen LogP contribution in [0.4, 0.5) is 13.2 Å². The summed E-state index contributed by atoms with van der Waals surface area (Å²) in [5.41, 5.74) is 3.36. The van der Waals surface area contributed by atoms with Crippen LogP contribution < -0.4 is 5.43 Å². The van der Waals surface area contributed by atoms with Crippen molar-refractivity contribution in [3.63, 3.8) is 0 Å². The lowest BCUT2D eigenvalue weighted by atomic mass is 9.82. The number of rotatable bonds is 4. The predicted molar refractivity (Wildman–Crippen MR) is 80.6 cm³/mol. The highest BCUT2D eigenvalue weighted by molar-refractivity contribution is 5.79. The monoisotopic (exact) mass is 324 g/mol. The average Bonchev–Trinajstić information content (AvgIpc) is 3.08. The maximum absolute atomic E-state index is 12.8. The van der Waals surface area contributed by atoms with E-state index in [0.717, 1.165) is 5.56 Å². The minimum atomic E-state index is -4.08. The van der Waals surface area contributed by atoms with E-state index in [-0.39, 0.29) is 36.5 Å². The highest BCUT2D eigenvalue weighted by Crippen LogP contribution is 2.56. The van der Waals surface area contributed by atoms with E-state index in [1.807, 2.05) is 30.3 Å². The van der Waals surface area contributed by atoms with Crippen molar-refractivity contribution in [2.24, 2.45) is 28.8 Å². The molecule has 2 bridgehead atoms. The molecule has 2 aliphatic rings. The van der Waals surface area contributed by atoms with Gasteiger partial charge in [0.15, 0.2) is 0 Å². The second-order valence-electron chi connectivity index (χ2n) is 6.51. The second kappa shape index (κ2) is 6.34. The molecule has 1 N–H and O–H groups in total. The molecule has 4 atom stereocenters. The Balaban J connectivity index is 1.47. The Morgan fingerprint density at radius 3 is 2.52 bits per heavy atom. The molecule has 0 unspecified atom stereocenters. The SMILES string of the molecule is O=C(Cc1ccccc1)N/N=C\[C@H]1C[C@H]2C[C@@H]1C[C@@H]2C(F)(F)F. The van der Waals surface area contributed by atoms with E-state index in [4.69, 9.17) is 0 Å². The van der Waals surface area contributed by atoms with E-state index in [0.29, 0.717) is 12.8 Å². The van der Waals surface area contributed by atoms with Crippen molar-refractivity contribution in [2.75, 3.05) is 0 Å². The number of hydrogen-bond donors (Lipinski definition) is 1. The lowest BCUT2D eigenvalue weighted by molar-refractivity contribution is -0.187. The van der Waals surface area contributed by atoms with Crippen LogP contribution in [0.2, 0.25) is 0 Å². The van der Waals surface area contributed by atoms with Crippen molar-refractivity contribution in [2.45, 2.75) is 31.9 Å². The van der Waals surface area contributed by atoms with Crippen LogP contribution in [0.25, 0.3) is 0 Å². The summed E-state index contributed by atoms with van der Waals surface area (Å²) < 4.78 is 38.5. The molecule has 2 saturated carbocycles. The van der Waals surface area contributed by atoms with Crippen molar-refractivity contribution < 1.29 is 18.0 Å². The normalized spacial score (nSPS) is 30.0. The first-order chi connectivity index (χ1) is 10.9. The van der Waals surface area contributed by atoms with Crippen LogP contribution in [-0.4, -0.2) is 18.3 Å². The van der Waals surface area contributed by atoms with Crippen LogP contribution in [0.3, 0.4) is 0 Å². The van der Waals surface area contributed by atoms with Crippen LogP contribution in [0.15, 0.2) is 35.4 Å². The van der Waals surface area contributed by atoms with Crippen molar-refractivity contribution in [1.82, 2.24) is 5.43 Å². The van der Waals surface area contributed by atoms with Gasteiger partial charge in [-0.2, -0.15) is 18.3 Å². The maximum atomic E-state index is 12.8. The molecule has 3 rings (SSSR count). The van der Waals surface area contributed by atoms with Gasteiger partial charge in [0.05, 0.1) is 12.3 Å². The fourth-order valence-corrected chi connectivity index (χ4v) is 3.93. The lowest BCUT2D eigenvalue weighted by Crippen LogP contribution is -2.31. The van der Waals surface area contributed by atoms with Crippen LogP contribution in [-0.2, 0) is 11.2 Å². The number of hydrogen-bond acceptors (Lipinski definition) is 2. The largest absolute Gasteiger partial charge is 0.392 e. The smallest absolute Gasteiger partial charge is 0.273 e. The molecule has 0 radical (unpaired) electrons. The number of nitrogens with zero attached hydrogens (tertiary/aromatic N) is 1. The number of alkyl halides is 3. The summed E-state index contributed by atoms with van der Waals surface area (Å²) in [6.45, 7) is 0. The zero-order chi connectivity index (χ0) is 16.4. The summed E-state index contributed by atoms with van der Waals surface area (Å²) in [6, 6.07) is 9.31. The molecule has 0 aromatic heterocycles. The molecule has 1 aromatic rings. The molecule has 0 aliphatic heterocycles. The Morgan fingerprint density at radius 2 is 1.91 bits per heavy atom. The van der Waals surface area contributed by atoms with Gasteiger partial charge in [-0.1, -0.05) is 30.3 Å². The van der Waals surface area contributed by atoms with E-state index in [9.17, 15) is 18.0 Å². The Hall–Kier alpha value is -1.85. The third-order valence-corrected chi connectivity index (χ3v) is 4.99. The van der Waals surface area contributed by atoms with Gasteiger partial charge in [0, 0.05) is 6.21 Å². The summed E-state index contributed by atoms with van der Waals surface area (Å²) in [5, 5.41) is 3.95. The van der Waals surface area contributed by atoms with Gasteiger partial charge in [-0.3, -0.25) is 4.79 Å². The van der Waals surface area contributed by atoms with E-state index in [1.165, 1.54) is 0 Å². The quantitative estimate of drug-likeness (QED) is 0.668. The number of amides is 1. The maximum Gasteiger partial charge on any atom is 0.392 e. The molecule has 0 spiro atoms. The third kappa shape index (κ3) is 3.74. The molecule has 6 heteroatoms. The van der Waals surface area contributed by atoms with Gasteiger partial charge in [0.25, 0.3) is 0 Å².